The lowest BCUT2D eigenvalue weighted by molar-refractivity contribution is -0.384. The van der Waals surface area contributed by atoms with E-state index in [0.29, 0.717) is 11.1 Å². The molecule has 0 saturated heterocycles. The molecule has 0 aliphatic carbocycles. The molecule has 128 valence electrons. The molecule has 2 aromatic rings. The average molecular weight is 338 g/mol. The van der Waals surface area contributed by atoms with Crippen LogP contribution in [0.2, 0.25) is 0 Å². The predicted molar refractivity (Wildman–Crippen MR) is 82.1 cm³/mol. The highest BCUT2D eigenvalue weighted by Crippen LogP contribution is 2.20. The molecule has 2 rings (SSSR count). The summed E-state index contributed by atoms with van der Waals surface area (Å²) in [6, 6.07) is 7.48. The van der Waals surface area contributed by atoms with E-state index in [0.717, 1.165) is 18.2 Å². The van der Waals surface area contributed by atoms with Crippen LogP contribution in [0.5, 0.6) is 0 Å². The maximum Gasteiger partial charge on any atom is 0.269 e. The van der Waals surface area contributed by atoms with Gasteiger partial charge in [-0.1, -0.05) is 0 Å². The van der Waals surface area contributed by atoms with Crippen molar-refractivity contribution in [3.05, 3.63) is 75.3 Å². The van der Waals surface area contributed by atoms with Crippen LogP contribution in [-0.4, -0.2) is 27.8 Å². The number of nitro groups is 1. The van der Waals surface area contributed by atoms with Crippen LogP contribution in [0.3, 0.4) is 0 Å². The van der Waals surface area contributed by atoms with E-state index < -0.39 is 35.3 Å². The fraction of sp³-hybridized carbons (Fsp3) is 0.250. The van der Waals surface area contributed by atoms with Crippen LogP contribution in [-0.2, 0) is 6.54 Å². The van der Waals surface area contributed by atoms with Gasteiger partial charge in [-0.25, -0.2) is 8.78 Å². The number of hydrogen-bond donors (Lipinski definition) is 3. The molecule has 0 radical (unpaired) electrons. The molecule has 0 fully saturated rings. The minimum Gasteiger partial charge on any atom is -0.395 e. The molecule has 8 heteroatoms. The van der Waals surface area contributed by atoms with Crippen LogP contribution in [0, 0.1) is 21.7 Å². The molecule has 0 aromatic heterocycles. The average Bonchev–Trinajstić information content (AvgIpc) is 2.54. The number of nitro benzene ring substituents is 1. The Kier molecular flexibility index (Phi) is 5.91. The molecule has 0 saturated carbocycles. The third-order valence-electron chi connectivity index (χ3n) is 3.51. The SMILES string of the molecule is O=[N+]([O-])c1ccc(C(O)C(CO)NCc2cc(F)cc(F)c2)cc1. The van der Waals surface area contributed by atoms with Crippen molar-refractivity contribution >= 4 is 5.69 Å². The van der Waals surface area contributed by atoms with Crippen molar-refractivity contribution in [1.82, 2.24) is 5.32 Å². The number of benzene rings is 2. The Bertz CT molecular complexity index is 689. The summed E-state index contributed by atoms with van der Waals surface area (Å²) in [7, 11) is 0. The smallest absolute Gasteiger partial charge is 0.269 e. The van der Waals surface area contributed by atoms with Gasteiger partial charge in [0.05, 0.1) is 23.7 Å². The van der Waals surface area contributed by atoms with Gasteiger partial charge < -0.3 is 15.5 Å². The van der Waals surface area contributed by atoms with E-state index in [-0.39, 0.29) is 12.2 Å². The van der Waals surface area contributed by atoms with Crippen LogP contribution in [0.25, 0.3) is 0 Å². The summed E-state index contributed by atoms with van der Waals surface area (Å²) in [5.41, 5.74) is 0.578. The molecule has 2 unspecified atom stereocenters. The molecule has 0 bridgehead atoms. The number of non-ortho nitro benzene ring substituents is 1. The molecule has 24 heavy (non-hydrogen) atoms. The minimum atomic E-state index is -1.14. The highest BCUT2D eigenvalue weighted by Gasteiger charge is 2.20. The van der Waals surface area contributed by atoms with Crippen LogP contribution in [0.4, 0.5) is 14.5 Å². The fourth-order valence-electron chi connectivity index (χ4n) is 2.26. The number of rotatable bonds is 7. The Hall–Kier alpha value is -2.42. The maximum atomic E-state index is 13.1. The van der Waals surface area contributed by atoms with Crippen LogP contribution in [0.15, 0.2) is 42.5 Å². The van der Waals surface area contributed by atoms with Crippen molar-refractivity contribution in [3.63, 3.8) is 0 Å². The zero-order valence-electron chi connectivity index (χ0n) is 12.5. The molecule has 0 aliphatic heterocycles. The summed E-state index contributed by atoms with van der Waals surface area (Å²) in [5, 5.41) is 33.1. The number of aliphatic hydroxyl groups is 2. The molecule has 0 aliphatic rings. The molecular formula is C16H16F2N2O4. The quantitative estimate of drug-likeness (QED) is 0.530. The second-order valence-corrected chi connectivity index (χ2v) is 5.24. The zero-order chi connectivity index (χ0) is 17.7. The topological polar surface area (TPSA) is 95.6 Å². The Balaban J connectivity index is 2.05. The summed E-state index contributed by atoms with van der Waals surface area (Å²) in [6.07, 6.45) is -1.14. The summed E-state index contributed by atoms with van der Waals surface area (Å²) < 4.78 is 26.3. The lowest BCUT2D eigenvalue weighted by Gasteiger charge is -2.22. The van der Waals surface area contributed by atoms with Crippen molar-refractivity contribution < 1.29 is 23.9 Å². The third kappa shape index (κ3) is 4.54. The van der Waals surface area contributed by atoms with Crippen LogP contribution >= 0.6 is 0 Å². The van der Waals surface area contributed by atoms with E-state index >= 15 is 0 Å². The lowest BCUT2D eigenvalue weighted by atomic mass is 10.0. The van der Waals surface area contributed by atoms with E-state index in [2.05, 4.69) is 5.32 Å². The molecule has 6 nitrogen and oxygen atoms in total. The van der Waals surface area contributed by atoms with Gasteiger partial charge in [0.2, 0.25) is 0 Å². The number of nitrogens with zero attached hydrogens (tertiary/aromatic N) is 1. The molecule has 0 heterocycles. The van der Waals surface area contributed by atoms with Crippen molar-refractivity contribution in [1.29, 1.82) is 0 Å². The fourth-order valence-corrected chi connectivity index (χ4v) is 2.26. The second kappa shape index (κ2) is 7.91. The van der Waals surface area contributed by atoms with Gasteiger partial charge in [-0.15, -0.1) is 0 Å². The van der Waals surface area contributed by atoms with Crippen molar-refractivity contribution in [2.45, 2.75) is 18.7 Å². The molecule has 2 aromatic carbocycles. The molecule has 0 spiro atoms. The summed E-state index contributed by atoms with van der Waals surface area (Å²) in [5.74, 6) is -1.44. The predicted octanol–water partition coefficient (Wildman–Crippen LogP) is 2.06. The Morgan fingerprint density at radius 1 is 1.12 bits per heavy atom. The van der Waals surface area contributed by atoms with Gasteiger partial charge in [0.15, 0.2) is 0 Å². The summed E-state index contributed by atoms with van der Waals surface area (Å²) >= 11 is 0. The van der Waals surface area contributed by atoms with Gasteiger partial charge in [-0.3, -0.25) is 10.1 Å². The number of aliphatic hydroxyl groups excluding tert-OH is 2. The molecule has 0 amide bonds. The van der Waals surface area contributed by atoms with E-state index in [4.69, 9.17) is 0 Å². The summed E-state index contributed by atoms with van der Waals surface area (Å²) in [4.78, 5) is 10.1. The maximum absolute atomic E-state index is 13.1. The number of hydrogen-bond acceptors (Lipinski definition) is 5. The normalized spacial score (nSPS) is 13.5. The van der Waals surface area contributed by atoms with Gasteiger partial charge in [-0.2, -0.15) is 0 Å². The third-order valence-corrected chi connectivity index (χ3v) is 3.51. The Morgan fingerprint density at radius 2 is 1.71 bits per heavy atom. The minimum absolute atomic E-state index is 0.0317. The van der Waals surface area contributed by atoms with Gasteiger partial charge in [0.25, 0.3) is 5.69 Å². The molecule has 3 N–H and O–H groups in total. The largest absolute Gasteiger partial charge is 0.395 e. The van der Waals surface area contributed by atoms with Gasteiger partial charge in [0.1, 0.15) is 11.6 Å². The zero-order valence-corrected chi connectivity index (χ0v) is 12.5. The van der Waals surface area contributed by atoms with E-state index in [9.17, 15) is 29.1 Å². The van der Waals surface area contributed by atoms with Crippen molar-refractivity contribution in [2.24, 2.45) is 0 Å². The first-order valence-corrected chi connectivity index (χ1v) is 7.12. The second-order valence-electron chi connectivity index (χ2n) is 5.24. The Morgan fingerprint density at radius 3 is 2.21 bits per heavy atom. The monoisotopic (exact) mass is 338 g/mol. The number of nitrogens with one attached hydrogen (secondary N) is 1. The van der Waals surface area contributed by atoms with E-state index in [1.807, 2.05) is 0 Å². The van der Waals surface area contributed by atoms with Gasteiger partial charge >= 0.3 is 0 Å². The van der Waals surface area contributed by atoms with Crippen LogP contribution < -0.4 is 5.32 Å². The Labute approximate surface area is 136 Å². The standard InChI is InChI=1S/C16H16F2N2O4/c17-12-5-10(6-13(18)7-12)8-19-15(9-21)16(22)11-1-3-14(4-2-11)20(23)24/h1-7,15-16,19,21-22H,8-9H2. The summed E-state index contributed by atoms with van der Waals surface area (Å²) in [6.45, 7) is -0.403. The first-order valence-electron chi connectivity index (χ1n) is 7.12. The highest BCUT2D eigenvalue weighted by molar-refractivity contribution is 5.34. The molecule has 2 atom stereocenters. The van der Waals surface area contributed by atoms with Crippen molar-refractivity contribution in [3.8, 4) is 0 Å². The van der Waals surface area contributed by atoms with Crippen molar-refractivity contribution in [2.75, 3.05) is 6.61 Å². The van der Waals surface area contributed by atoms with Crippen LogP contribution in [0.1, 0.15) is 17.2 Å². The number of halogens is 2. The molecular weight excluding hydrogens is 322 g/mol. The van der Waals surface area contributed by atoms with Gasteiger partial charge in [-0.05, 0) is 35.4 Å². The highest BCUT2D eigenvalue weighted by atomic mass is 19.1. The van der Waals surface area contributed by atoms with E-state index in [1.165, 1.54) is 24.3 Å². The van der Waals surface area contributed by atoms with E-state index in [1.54, 1.807) is 0 Å². The first kappa shape index (κ1) is 17.9. The first-order chi connectivity index (χ1) is 11.4. The lowest BCUT2D eigenvalue weighted by Crippen LogP contribution is -2.37. The van der Waals surface area contributed by atoms with Gasteiger partial charge in [0, 0.05) is 24.7 Å².